The van der Waals surface area contributed by atoms with Gasteiger partial charge in [-0.3, -0.25) is 14.9 Å². The van der Waals surface area contributed by atoms with Crippen LogP contribution >= 0.6 is 0 Å². The molecule has 1 aliphatic heterocycles. The first-order valence-corrected chi connectivity index (χ1v) is 5.80. The van der Waals surface area contributed by atoms with Crippen LogP contribution in [-0.4, -0.2) is 33.8 Å². The molecule has 0 N–H and O–H groups in total. The third-order valence-electron chi connectivity index (χ3n) is 3.11. The van der Waals surface area contributed by atoms with Crippen molar-refractivity contribution in [3.8, 4) is 0 Å². The van der Waals surface area contributed by atoms with E-state index in [4.69, 9.17) is 0 Å². The maximum absolute atomic E-state index is 11.4. The van der Waals surface area contributed by atoms with Crippen LogP contribution in [0, 0.1) is 16.0 Å². The van der Waals surface area contributed by atoms with Crippen molar-refractivity contribution in [1.82, 2.24) is 9.97 Å². The van der Waals surface area contributed by atoms with Gasteiger partial charge < -0.3 is 4.90 Å². The number of piperidine rings is 1. The summed E-state index contributed by atoms with van der Waals surface area (Å²) >= 11 is 0. The maximum Gasteiger partial charge on any atom is 0.305 e. The molecule has 0 radical (unpaired) electrons. The Bertz CT molecular complexity index is 460. The molecule has 2 rings (SSSR count). The summed E-state index contributed by atoms with van der Waals surface area (Å²) < 4.78 is 0. The third kappa shape index (κ3) is 2.61. The Morgan fingerprint density at radius 1 is 1.50 bits per heavy atom. The van der Waals surface area contributed by atoms with E-state index < -0.39 is 4.92 Å². The van der Waals surface area contributed by atoms with Crippen molar-refractivity contribution in [2.24, 2.45) is 5.92 Å². The van der Waals surface area contributed by atoms with Crippen LogP contribution in [0.1, 0.15) is 19.8 Å². The molecule has 1 unspecified atom stereocenters. The smallest absolute Gasteiger partial charge is 0.305 e. The van der Waals surface area contributed by atoms with E-state index in [1.807, 2.05) is 4.90 Å². The molecule has 0 spiro atoms. The number of rotatable bonds is 3. The molecule has 2 heterocycles. The highest BCUT2D eigenvalue weighted by Gasteiger charge is 2.24. The minimum Gasteiger partial charge on any atom is -0.340 e. The Labute approximate surface area is 104 Å². The van der Waals surface area contributed by atoms with E-state index >= 15 is 0 Å². The van der Waals surface area contributed by atoms with E-state index in [1.54, 1.807) is 6.92 Å². The molecule has 1 atom stereocenters. The van der Waals surface area contributed by atoms with Gasteiger partial charge in [-0.15, -0.1) is 0 Å². The summed E-state index contributed by atoms with van der Waals surface area (Å²) in [6, 6.07) is 0. The van der Waals surface area contributed by atoms with Gasteiger partial charge in [-0.2, -0.15) is 0 Å². The number of ketones is 1. The standard InChI is InChI=1S/C11H14N4O3/c1-8(16)9-3-2-4-14(7-9)11-12-5-10(6-13-11)15(17)18/h5-6,9H,2-4,7H2,1H3. The molecule has 18 heavy (non-hydrogen) atoms. The molecule has 1 aromatic heterocycles. The lowest BCUT2D eigenvalue weighted by atomic mass is 9.95. The van der Waals surface area contributed by atoms with Crippen LogP contribution in [0.3, 0.4) is 0 Å². The average Bonchev–Trinajstić information content (AvgIpc) is 2.39. The van der Waals surface area contributed by atoms with Gasteiger partial charge in [0.05, 0.1) is 4.92 Å². The fourth-order valence-corrected chi connectivity index (χ4v) is 2.06. The number of Topliss-reactive ketones (excluding diaryl/α,β-unsaturated/α-hetero) is 1. The Balaban J connectivity index is 2.11. The van der Waals surface area contributed by atoms with Gasteiger partial charge in [-0.1, -0.05) is 0 Å². The second-order valence-electron chi connectivity index (χ2n) is 4.39. The van der Waals surface area contributed by atoms with Crippen LogP contribution in [0.2, 0.25) is 0 Å². The van der Waals surface area contributed by atoms with E-state index in [2.05, 4.69) is 9.97 Å². The molecule has 0 aromatic carbocycles. The lowest BCUT2D eigenvalue weighted by molar-refractivity contribution is -0.385. The van der Waals surface area contributed by atoms with Gasteiger partial charge in [0, 0.05) is 19.0 Å². The largest absolute Gasteiger partial charge is 0.340 e. The van der Waals surface area contributed by atoms with Crippen LogP contribution in [0.25, 0.3) is 0 Å². The fourth-order valence-electron chi connectivity index (χ4n) is 2.06. The summed E-state index contributed by atoms with van der Waals surface area (Å²) in [5.74, 6) is 0.630. The SMILES string of the molecule is CC(=O)C1CCCN(c2ncc([N+](=O)[O-])cn2)C1. The molecule has 0 amide bonds. The van der Waals surface area contributed by atoms with Gasteiger partial charge in [-0.25, -0.2) is 9.97 Å². The topological polar surface area (TPSA) is 89.2 Å². The van der Waals surface area contributed by atoms with E-state index in [1.165, 1.54) is 12.4 Å². The summed E-state index contributed by atoms with van der Waals surface area (Å²) in [4.78, 5) is 31.2. The summed E-state index contributed by atoms with van der Waals surface area (Å²) in [6.07, 6.45) is 4.18. The van der Waals surface area contributed by atoms with E-state index in [9.17, 15) is 14.9 Å². The number of nitrogens with zero attached hydrogens (tertiary/aromatic N) is 4. The molecular formula is C11H14N4O3. The van der Waals surface area contributed by atoms with Crippen LogP contribution in [0.15, 0.2) is 12.4 Å². The van der Waals surface area contributed by atoms with Crippen molar-refractivity contribution in [1.29, 1.82) is 0 Å². The summed E-state index contributed by atoms with van der Waals surface area (Å²) in [5, 5.41) is 10.5. The minimum absolute atomic E-state index is 0.0116. The van der Waals surface area contributed by atoms with Crippen LogP contribution in [0.5, 0.6) is 0 Å². The fraction of sp³-hybridized carbons (Fsp3) is 0.545. The molecule has 1 aromatic rings. The van der Waals surface area contributed by atoms with E-state index in [0.717, 1.165) is 19.4 Å². The zero-order chi connectivity index (χ0) is 13.1. The zero-order valence-corrected chi connectivity index (χ0v) is 10.1. The second kappa shape index (κ2) is 5.07. The Kier molecular flexibility index (Phi) is 3.50. The zero-order valence-electron chi connectivity index (χ0n) is 10.1. The quantitative estimate of drug-likeness (QED) is 0.591. The van der Waals surface area contributed by atoms with Crippen LogP contribution in [-0.2, 0) is 4.79 Å². The molecule has 1 saturated heterocycles. The maximum atomic E-state index is 11.4. The Morgan fingerprint density at radius 2 is 2.17 bits per heavy atom. The van der Waals surface area contributed by atoms with Crippen molar-refractivity contribution in [2.45, 2.75) is 19.8 Å². The Morgan fingerprint density at radius 3 is 2.72 bits per heavy atom. The van der Waals surface area contributed by atoms with Gasteiger partial charge in [-0.05, 0) is 19.8 Å². The number of nitro groups is 1. The molecule has 1 fully saturated rings. The summed E-state index contributed by atoms with van der Waals surface area (Å²) in [6.45, 7) is 2.96. The predicted octanol–water partition coefficient (Wildman–Crippen LogP) is 1.19. The molecule has 96 valence electrons. The number of hydrogen-bond acceptors (Lipinski definition) is 6. The number of anilines is 1. The number of carbonyl (C=O) groups is 1. The first kappa shape index (κ1) is 12.4. The van der Waals surface area contributed by atoms with Crippen LogP contribution in [0.4, 0.5) is 11.6 Å². The average molecular weight is 250 g/mol. The lowest BCUT2D eigenvalue weighted by Gasteiger charge is -2.31. The van der Waals surface area contributed by atoms with Gasteiger partial charge in [0.1, 0.15) is 18.2 Å². The van der Waals surface area contributed by atoms with E-state index in [0.29, 0.717) is 12.5 Å². The molecule has 0 aliphatic carbocycles. The highest BCUT2D eigenvalue weighted by atomic mass is 16.6. The number of hydrogen-bond donors (Lipinski definition) is 0. The van der Waals surface area contributed by atoms with Crippen molar-refractivity contribution in [3.63, 3.8) is 0 Å². The first-order chi connectivity index (χ1) is 8.58. The first-order valence-electron chi connectivity index (χ1n) is 5.80. The van der Waals surface area contributed by atoms with Gasteiger partial charge in [0.15, 0.2) is 0 Å². The van der Waals surface area contributed by atoms with Gasteiger partial charge in [0.2, 0.25) is 5.95 Å². The highest BCUT2D eigenvalue weighted by molar-refractivity contribution is 5.79. The summed E-state index contributed by atoms with van der Waals surface area (Å²) in [5.41, 5.74) is -0.126. The van der Waals surface area contributed by atoms with E-state index in [-0.39, 0.29) is 17.4 Å². The summed E-state index contributed by atoms with van der Waals surface area (Å²) in [7, 11) is 0. The van der Waals surface area contributed by atoms with Crippen molar-refractivity contribution >= 4 is 17.4 Å². The predicted molar refractivity (Wildman–Crippen MR) is 64.3 cm³/mol. The molecule has 7 heteroatoms. The highest BCUT2D eigenvalue weighted by Crippen LogP contribution is 2.21. The van der Waals surface area contributed by atoms with Crippen molar-refractivity contribution in [3.05, 3.63) is 22.5 Å². The number of aromatic nitrogens is 2. The second-order valence-corrected chi connectivity index (χ2v) is 4.39. The Hall–Kier alpha value is -2.05. The minimum atomic E-state index is -0.529. The molecule has 1 aliphatic rings. The normalized spacial score (nSPS) is 19.6. The number of carbonyl (C=O) groups excluding carboxylic acids is 1. The molecule has 7 nitrogen and oxygen atoms in total. The molecule has 0 bridgehead atoms. The molecular weight excluding hydrogens is 236 g/mol. The van der Waals surface area contributed by atoms with Crippen LogP contribution < -0.4 is 4.90 Å². The van der Waals surface area contributed by atoms with Crippen molar-refractivity contribution < 1.29 is 9.72 Å². The molecule has 0 saturated carbocycles. The monoisotopic (exact) mass is 250 g/mol. The third-order valence-corrected chi connectivity index (χ3v) is 3.11. The van der Waals surface area contributed by atoms with Gasteiger partial charge >= 0.3 is 5.69 Å². The van der Waals surface area contributed by atoms with Crippen molar-refractivity contribution in [2.75, 3.05) is 18.0 Å². The lowest BCUT2D eigenvalue weighted by Crippen LogP contribution is -2.39. The van der Waals surface area contributed by atoms with Gasteiger partial charge in [0.25, 0.3) is 0 Å².